The molecule has 1 amide bonds. The highest BCUT2D eigenvalue weighted by atomic mass is 16.1. The van der Waals surface area contributed by atoms with E-state index < -0.39 is 0 Å². The molecule has 24 heavy (non-hydrogen) atoms. The first-order valence-electron chi connectivity index (χ1n) is 8.62. The molecular weight excluding hydrogens is 298 g/mol. The van der Waals surface area contributed by atoms with Gasteiger partial charge in [-0.05, 0) is 68.0 Å². The Morgan fingerprint density at radius 1 is 1.12 bits per heavy atom. The fourth-order valence-corrected chi connectivity index (χ4v) is 3.22. The molecule has 0 unspecified atom stereocenters. The van der Waals surface area contributed by atoms with Gasteiger partial charge >= 0.3 is 0 Å². The standard InChI is InChI=1S/C20H25N3O/c1-14-6-8-23(9-7-14)18-4-5-19(21-13-18)20(24)22-17-11-15(2)10-16(3)12-17/h4-5,10-14H,6-9H2,1-3H3,(H,22,24). The minimum atomic E-state index is -0.168. The second kappa shape index (κ2) is 7.04. The zero-order valence-corrected chi connectivity index (χ0v) is 14.7. The number of anilines is 2. The maximum absolute atomic E-state index is 12.4. The summed E-state index contributed by atoms with van der Waals surface area (Å²) < 4.78 is 0. The number of carbonyl (C=O) groups excluding carboxylic acids is 1. The van der Waals surface area contributed by atoms with E-state index >= 15 is 0 Å². The second-order valence-corrected chi connectivity index (χ2v) is 6.90. The molecule has 0 radical (unpaired) electrons. The first kappa shape index (κ1) is 16.5. The number of aromatic nitrogens is 1. The molecule has 4 heteroatoms. The average Bonchev–Trinajstić information content (AvgIpc) is 2.55. The van der Waals surface area contributed by atoms with Gasteiger partial charge in [-0.15, -0.1) is 0 Å². The molecule has 1 aromatic carbocycles. The molecule has 3 rings (SSSR count). The molecule has 0 saturated carbocycles. The molecule has 0 atom stereocenters. The summed E-state index contributed by atoms with van der Waals surface area (Å²) in [7, 11) is 0. The van der Waals surface area contributed by atoms with Gasteiger partial charge in [-0.1, -0.05) is 13.0 Å². The summed E-state index contributed by atoms with van der Waals surface area (Å²) in [5.41, 5.74) is 4.63. The molecule has 1 aromatic heterocycles. The number of carbonyl (C=O) groups is 1. The molecule has 1 aliphatic rings. The summed E-state index contributed by atoms with van der Waals surface area (Å²) in [6.45, 7) is 8.48. The second-order valence-electron chi connectivity index (χ2n) is 6.90. The molecule has 0 aliphatic carbocycles. The van der Waals surface area contributed by atoms with E-state index in [2.05, 4.69) is 28.2 Å². The largest absolute Gasteiger partial charge is 0.370 e. The number of benzene rings is 1. The van der Waals surface area contributed by atoms with Gasteiger partial charge in [0.05, 0.1) is 11.9 Å². The van der Waals surface area contributed by atoms with Gasteiger partial charge in [0, 0.05) is 18.8 Å². The first-order chi connectivity index (χ1) is 11.5. The highest BCUT2D eigenvalue weighted by Gasteiger charge is 2.17. The summed E-state index contributed by atoms with van der Waals surface area (Å²) in [6, 6.07) is 9.83. The molecule has 1 N–H and O–H groups in total. The predicted molar refractivity (Wildman–Crippen MR) is 98.7 cm³/mol. The van der Waals surface area contributed by atoms with Crippen molar-refractivity contribution in [3.63, 3.8) is 0 Å². The molecule has 1 fully saturated rings. The number of hydrogen-bond donors (Lipinski definition) is 1. The van der Waals surface area contributed by atoms with Crippen LogP contribution in [0.15, 0.2) is 36.5 Å². The van der Waals surface area contributed by atoms with E-state index in [0.717, 1.165) is 41.5 Å². The Morgan fingerprint density at radius 3 is 2.38 bits per heavy atom. The number of aryl methyl sites for hydroxylation is 2. The van der Waals surface area contributed by atoms with Crippen LogP contribution in [-0.2, 0) is 0 Å². The van der Waals surface area contributed by atoms with E-state index in [9.17, 15) is 4.79 Å². The maximum atomic E-state index is 12.4. The zero-order chi connectivity index (χ0) is 17.1. The average molecular weight is 323 g/mol. The van der Waals surface area contributed by atoms with Crippen LogP contribution >= 0.6 is 0 Å². The fraction of sp³-hybridized carbons (Fsp3) is 0.400. The van der Waals surface area contributed by atoms with Crippen molar-refractivity contribution in [2.45, 2.75) is 33.6 Å². The van der Waals surface area contributed by atoms with E-state index in [1.165, 1.54) is 12.8 Å². The van der Waals surface area contributed by atoms with Crippen LogP contribution in [0.3, 0.4) is 0 Å². The van der Waals surface area contributed by atoms with E-state index in [4.69, 9.17) is 0 Å². The molecule has 126 valence electrons. The Bertz CT molecular complexity index is 696. The number of pyridine rings is 1. The van der Waals surface area contributed by atoms with Gasteiger partial charge in [0.25, 0.3) is 5.91 Å². The van der Waals surface area contributed by atoms with Crippen molar-refractivity contribution in [1.82, 2.24) is 4.98 Å². The molecule has 4 nitrogen and oxygen atoms in total. The Balaban J connectivity index is 1.67. The predicted octanol–water partition coefficient (Wildman–Crippen LogP) is 4.19. The van der Waals surface area contributed by atoms with Gasteiger partial charge in [-0.2, -0.15) is 0 Å². The van der Waals surface area contributed by atoms with E-state index in [0.29, 0.717) is 5.69 Å². The van der Waals surface area contributed by atoms with Crippen LogP contribution in [0.5, 0.6) is 0 Å². The van der Waals surface area contributed by atoms with E-state index in [1.807, 2.05) is 44.3 Å². The summed E-state index contributed by atoms with van der Waals surface area (Å²) in [6.07, 6.45) is 4.25. The van der Waals surface area contributed by atoms with Gasteiger partial charge in [-0.25, -0.2) is 4.98 Å². The third-order valence-corrected chi connectivity index (χ3v) is 4.61. The monoisotopic (exact) mass is 323 g/mol. The van der Waals surface area contributed by atoms with Crippen LogP contribution < -0.4 is 10.2 Å². The van der Waals surface area contributed by atoms with Crippen LogP contribution in [0.25, 0.3) is 0 Å². The number of piperidine rings is 1. The Kier molecular flexibility index (Phi) is 4.84. The Labute approximate surface area is 143 Å². The molecule has 2 heterocycles. The fourth-order valence-electron chi connectivity index (χ4n) is 3.22. The topological polar surface area (TPSA) is 45.2 Å². The molecule has 2 aromatic rings. The molecule has 1 aliphatic heterocycles. The number of amides is 1. The van der Waals surface area contributed by atoms with Gasteiger partial charge in [0.1, 0.15) is 5.69 Å². The lowest BCUT2D eigenvalue weighted by atomic mass is 9.99. The first-order valence-corrected chi connectivity index (χ1v) is 8.62. The van der Waals surface area contributed by atoms with Crippen LogP contribution in [-0.4, -0.2) is 24.0 Å². The van der Waals surface area contributed by atoms with Crippen molar-refractivity contribution in [3.05, 3.63) is 53.3 Å². The highest BCUT2D eigenvalue weighted by molar-refractivity contribution is 6.03. The van der Waals surface area contributed by atoms with Gasteiger partial charge in [0.2, 0.25) is 0 Å². The van der Waals surface area contributed by atoms with Crippen molar-refractivity contribution in [2.24, 2.45) is 5.92 Å². The van der Waals surface area contributed by atoms with Crippen molar-refractivity contribution < 1.29 is 4.79 Å². The van der Waals surface area contributed by atoms with Crippen molar-refractivity contribution in [1.29, 1.82) is 0 Å². The molecule has 1 saturated heterocycles. The number of nitrogens with zero attached hydrogens (tertiary/aromatic N) is 2. The maximum Gasteiger partial charge on any atom is 0.274 e. The summed E-state index contributed by atoms with van der Waals surface area (Å²) in [5.74, 6) is 0.635. The lowest BCUT2D eigenvalue weighted by Gasteiger charge is -2.31. The zero-order valence-electron chi connectivity index (χ0n) is 14.7. The van der Waals surface area contributed by atoms with Crippen LogP contribution in [0, 0.1) is 19.8 Å². The summed E-state index contributed by atoms with van der Waals surface area (Å²) in [4.78, 5) is 19.1. The van der Waals surface area contributed by atoms with Gasteiger partial charge in [0.15, 0.2) is 0 Å². The summed E-state index contributed by atoms with van der Waals surface area (Å²) >= 11 is 0. The third-order valence-electron chi connectivity index (χ3n) is 4.61. The lowest BCUT2D eigenvalue weighted by molar-refractivity contribution is 0.102. The minimum absolute atomic E-state index is 0.168. The van der Waals surface area contributed by atoms with Crippen molar-refractivity contribution >= 4 is 17.3 Å². The van der Waals surface area contributed by atoms with Crippen LogP contribution in [0.1, 0.15) is 41.4 Å². The lowest BCUT2D eigenvalue weighted by Crippen LogP contribution is -2.32. The van der Waals surface area contributed by atoms with E-state index in [1.54, 1.807) is 0 Å². The van der Waals surface area contributed by atoms with E-state index in [-0.39, 0.29) is 5.91 Å². The third kappa shape index (κ3) is 3.94. The van der Waals surface area contributed by atoms with Gasteiger partial charge < -0.3 is 10.2 Å². The number of hydrogen-bond acceptors (Lipinski definition) is 3. The normalized spacial score (nSPS) is 15.4. The molecular formula is C20H25N3O. The van der Waals surface area contributed by atoms with Crippen LogP contribution in [0.4, 0.5) is 11.4 Å². The Morgan fingerprint density at radius 2 is 1.79 bits per heavy atom. The number of nitrogens with one attached hydrogen (secondary N) is 1. The smallest absolute Gasteiger partial charge is 0.274 e. The molecule has 0 bridgehead atoms. The van der Waals surface area contributed by atoms with Crippen molar-refractivity contribution in [3.8, 4) is 0 Å². The van der Waals surface area contributed by atoms with Crippen LogP contribution in [0.2, 0.25) is 0 Å². The Hall–Kier alpha value is -2.36. The highest BCUT2D eigenvalue weighted by Crippen LogP contribution is 2.22. The number of rotatable bonds is 3. The quantitative estimate of drug-likeness (QED) is 0.921. The summed E-state index contributed by atoms with van der Waals surface area (Å²) in [5, 5.41) is 2.93. The van der Waals surface area contributed by atoms with Gasteiger partial charge in [-0.3, -0.25) is 4.79 Å². The van der Waals surface area contributed by atoms with Crippen molar-refractivity contribution in [2.75, 3.05) is 23.3 Å². The molecule has 0 spiro atoms. The minimum Gasteiger partial charge on any atom is -0.370 e. The SMILES string of the molecule is Cc1cc(C)cc(NC(=O)c2ccc(N3CCC(C)CC3)cn2)c1.